The largest absolute Gasteiger partial charge is 0.484 e. The summed E-state index contributed by atoms with van der Waals surface area (Å²) in [6.45, 7) is 2.03. The summed E-state index contributed by atoms with van der Waals surface area (Å²) in [5, 5.41) is 0. The van der Waals surface area contributed by atoms with E-state index in [9.17, 15) is 13.2 Å². The van der Waals surface area contributed by atoms with E-state index in [1.165, 1.54) is 25.7 Å². The molecule has 7 heteroatoms. The van der Waals surface area contributed by atoms with Crippen molar-refractivity contribution in [3.8, 4) is 5.75 Å². The molecule has 2 heterocycles. The van der Waals surface area contributed by atoms with E-state index >= 15 is 0 Å². The van der Waals surface area contributed by atoms with Gasteiger partial charge in [-0.3, -0.25) is 4.79 Å². The van der Waals surface area contributed by atoms with Gasteiger partial charge in [0, 0.05) is 25.7 Å². The molecule has 0 aromatic heterocycles. The topological polar surface area (TPSA) is 66.9 Å². The summed E-state index contributed by atoms with van der Waals surface area (Å²) >= 11 is 0. The highest BCUT2D eigenvalue weighted by molar-refractivity contribution is 7.89. The van der Waals surface area contributed by atoms with Gasteiger partial charge >= 0.3 is 0 Å². The minimum absolute atomic E-state index is 0.0153. The van der Waals surface area contributed by atoms with E-state index in [0.717, 1.165) is 38.6 Å². The quantitative estimate of drug-likeness (QED) is 0.732. The average molecular weight is 421 g/mol. The van der Waals surface area contributed by atoms with E-state index < -0.39 is 10.0 Å². The summed E-state index contributed by atoms with van der Waals surface area (Å²) in [5.41, 5.74) is 0. The second-order valence-electron chi connectivity index (χ2n) is 8.57. The van der Waals surface area contributed by atoms with Crippen LogP contribution in [0.4, 0.5) is 0 Å². The zero-order valence-electron chi connectivity index (χ0n) is 17.1. The maximum Gasteiger partial charge on any atom is 0.260 e. The van der Waals surface area contributed by atoms with Crippen molar-refractivity contribution < 1.29 is 17.9 Å². The number of rotatable bonds is 5. The second-order valence-corrected chi connectivity index (χ2v) is 10.5. The van der Waals surface area contributed by atoms with Crippen molar-refractivity contribution in [2.24, 2.45) is 5.92 Å². The van der Waals surface area contributed by atoms with E-state index in [-0.39, 0.29) is 12.5 Å². The summed E-state index contributed by atoms with van der Waals surface area (Å²) in [6, 6.07) is 6.86. The predicted octanol–water partition coefficient (Wildman–Crippen LogP) is 3.42. The van der Waals surface area contributed by atoms with Gasteiger partial charge in [0.15, 0.2) is 6.61 Å². The Kier molecular flexibility index (Phi) is 6.44. The fraction of sp³-hybridized carbons (Fsp3) is 0.682. The Bertz CT molecular complexity index is 801. The van der Waals surface area contributed by atoms with Crippen LogP contribution in [0.15, 0.2) is 29.2 Å². The van der Waals surface area contributed by atoms with Crippen LogP contribution in [0.2, 0.25) is 0 Å². The fourth-order valence-corrected chi connectivity index (χ4v) is 6.64. The molecular weight excluding hydrogens is 388 g/mol. The number of hydrogen-bond donors (Lipinski definition) is 0. The highest BCUT2D eigenvalue weighted by Gasteiger charge is 2.35. The van der Waals surface area contributed by atoms with Crippen molar-refractivity contribution in [2.75, 3.05) is 26.2 Å². The molecule has 0 N–H and O–H groups in total. The van der Waals surface area contributed by atoms with Crippen molar-refractivity contribution in [3.63, 3.8) is 0 Å². The molecule has 0 radical (unpaired) electrons. The van der Waals surface area contributed by atoms with Gasteiger partial charge in [-0.15, -0.1) is 0 Å². The van der Waals surface area contributed by atoms with Gasteiger partial charge in [0.25, 0.3) is 5.91 Å². The number of fused-ring (bicyclic) bond motifs is 1. The highest BCUT2D eigenvalue weighted by Crippen LogP contribution is 2.35. The number of nitrogens with zero attached hydrogens (tertiary/aromatic N) is 2. The van der Waals surface area contributed by atoms with Crippen LogP contribution in [0.5, 0.6) is 5.75 Å². The molecule has 3 fully saturated rings. The molecule has 1 amide bonds. The average Bonchev–Trinajstić information content (AvgIpc) is 2.78. The number of carbonyl (C=O) groups is 1. The van der Waals surface area contributed by atoms with E-state index in [1.54, 1.807) is 28.6 Å². The smallest absolute Gasteiger partial charge is 0.260 e. The van der Waals surface area contributed by atoms with Gasteiger partial charge in [0.2, 0.25) is 10.0 Å². The van der Waals surface area contributed by atoms with Crippen molar-refractivity contribution in [2.45, 2.75) is 68.7 Å². The Hall–Kier alpha value is -1.60. The molecule has 0 bridgehead atoms. The zero-order valence-corrected chi connectivity index (χ0v) is 17.9. The normalized spacial score (nSPS) is 26.0. The Balaban J connectivity index is 1.34. The number of likely N-dealkylation sites (tertiary alicyclic amines) is 1. The van der Waals surface area contributed by atoms with Crippen LogP contribution < -0.4 is 4.74 Å². The number of carbonyl (C=O) groups excluding carboxylic acids is 1. The van der Waals surface area contributed by atoms with Gasteiger partial charge in [-0.05, 0) is 68.7 Å². The highest BCUT2D eigenvalue weighted by atomic mass is 32.2. The van der Waals surface area contributed by atoms with E-state index in [1.807, 2.05) is 4.90 Å². The van der Waals surface area contributed by atoms with Crippen molar-refractivity contribution >= 4 is 15.9 Å². The number of ether oxygens (including phenoxy) is 1. The Morgan fingerprint density at radius 2 is 1.59 bits per heavy atom. The van der Waals surface area contributed by atoms with Crippen molar-refractivity contribution in [1.82, 2.24) is 9.21 Å². The molecule has 0 unspecified atom stereocenters. The molecule has 3 aliphatic rings. The van der Waals surface area contributed by atoms with Crippen LogP contribution in [-0.2, 0) is 14.8 Å². The SMILES string of the molecule is O=C(COc1ccc(S(=O)(=O)N2CCCCC2)cc1)N1CCC[C@H]2CCCC[C@@H]21. The molecule has 1 aliphatic carbocycles. The lowest BCUT2D eigenvalue weighted by Crippen LogP contribution is -2.51. The van der Waals surface area contributed by atoms with Gasteiger partial charge in [0.1, 0.15) is 5.75 Å². The first-order valence-corrected chi connectivity index (χ1v) is 12.5. The first-order chi connectivity index (χ1) is 14.1. The molecule has 1 aromatic rings. The van der Waals surface area contributed by atoms with Crippen LogP contribution in [0, 0.1) is 5.92 Å². The first-order valence-electron chi connectivity index (χ1n) is 11.1. The number of sulfonamides is 1. The molecule has 1 aromatic carbocycles. The summed E-state index contributed by atoms with van der Waals surface area (Å²) in [7, 11) is -3.44. The molecular formula is C22H32N2O4S. The minimum atomic E-state index is -3.44. The summed E-state index contributed by atoms with van der Waals surface area (Å²) in [6.07, 6.45) is 10.1. The standard InChI is InChI=1S/C22H32N2O4S/c25-22(24-16-6-8-18-7-2-3-9-21(18)24)17-28-19-10-12-20(13-11-19)29(26,27)23-14-4-1-5-15-23/h10-13,18,21H,1-9,14-17H2/t18-,21+/m1/s1. The molecule has 29 heavy (non-hydrogen) atoms. The minimum Gasteiger partial charge on any atom is -0.484 e. The molecule has 6 nitrogen and oxygen atoms in total. The molecule has 160 valence electrons. The summed E-state index contributed by atoms with van der Waals surface area (Å²) in [4.78, 5) is 15.1. The summed E-state index contributed by atoms with van der Waals surface area (Å²) in [5.74, 6) is 1.24. The van der Waals surface area contributed by atoms with Crippen LogP contribution in [0.3, 0.4) is 0 Å². The van der Waals surface area contributed by atoms with Gasteiger partial charge in [0.05, 0.1) is 4.90 Å². The Labute approximate surface area is 174 Å². The van der Waals surface area contributed by atoms with Gasteiger partial charge in [-0.2, -0.15) is 4.31 Å². The number of hydrogen-bond acceptors (Lipinski definition) is 4. The molecule has 2 atom stereocenters. The van der Waals surface area contributed by atoms with Crippen molar-refractivity contribution in [1.29, 1.82) is 0 Å². The lowest BCUT2D eigenvalue weighted by Gasteiger charge is -2.44. The second kappa shape index (κ2) is 9.04. The van der Waals surface area contributed by atoms with Gasteiger partial charge < -0.3 is 9.64 Å². The lowest BCUT2D eigenvalue weighted by molar-refractivity contribution is -0.139. The fourth-order valence-electron chi connectivity index (χ4n) is 5.12. The van der Waals surface area contributed by atoms with E-state index in [4.69, 9.17) is 4.74 Å². The number of benzene rings is 1. The van der Waals surface area contributed by atoms with Crippen LogP contribution in [0.25, 0.3) is 0 Å². The maximum atomic E-state index is 12.8. The third-order valence-electron chi connectivity index (χ3n) is 6.70. The summed E-state index contributed by atoms with van der Waals surface area (Å²) < 4.78 is 32.7. The molecule has 1 saturated carbocycles. The monoisotopic (exact) mass is 420 g/mol. The van der Waals surface area contributed by atoms with Crippen LogP contribution in [-0.4, -0.2) is 55.8 Å². The Morgan fingerprint density at radius 1 is 0.897 bits per heavy atom. The molecule has 0 spiro atoms. The Morgan fingerprint density at radius 3 is 2.34 bits per heavy atom. The lowest BCUT2D eigenvalue weighted by atomic mass is 9.78. The maximum absolute atomic E-state index is 12.8. The first kappa shape index (κ1) is 20.7. The predicted molar refractivity (Wildman–Crippen MR) is 111 cm³/mol. The molecule has 2 aliphatic heterocycles. The third kappa shape index (κ3) is 4.61. The molecule has 2 saturated heterocycles. The van der Waals surface area contributed by atoms with E-state index in [0.29, 0.717) is 35.7 Å². The van der Waals surface area contributed by atoms with Crippen LogP contribution in [0.1, 0.15) is 57.8 Å². The van der Waals surface area contributed by atoms with Gasteiger partial charge in [-0.1, -0.05) is 19.3 Å². The van der Waals surface area contributed by atoms with E-state index in [2.05, 4.69) is 0 Å². The number of piperidine rings is 2. The van der Waals surface area contributed by atoms with Crippen molar-refractivity contribution in [3.05, 3.63) is 24.3 Å². The zero-order chi connectivity index (χ0) is 20.3. The molecule has 4 rings (SSSR count). The van der Waals surface area contributed by atoms with Gasteiger partial charge in [-0.25, -0.2) is 8.42 Å². The number of amides is 1. The van der Waals surface area contributed by atoms with Crippen LogP contribution >= 0.6 is 0 Å². The third-order valence-corrected chi connectivity index (χ3v) is 8.62.